The number of carbonyl (C=O) groups is 2. The Hall–Kier alpha value is -3.85. The Labute approximate surface area is 196 Å². The average Bonchev–Trinajstić information content (AvgIpc) is 3.38. The second-order valence-electron chi connectivity index (χ2n) is 7.30. The topological polar surface area (TPSA) is 72.1 Å². The second-order valence-corrected chi connectivity index (χ2v) is 7.70. The van der Waals surface area contributed by atoms with E-state index in [0.717, 1.165) is 17.1 Å². The summed E-state index contributed by atoms with van der Waals surface area (Å²) in [6, 6.07) is 12.3. The smallest absolute Gasteiger partial charge is 0.416 e. The van der Waals surface area contributed by atoms with Crippen LogP contribution in [0.25, 0.3) is 17.4 Å². The third-order valence-electron chi connectivity index (χ3n) is 5.05. The zero-order valence-electron chi connectivity index (χ0n) is 17.8. The molecule has 3 aromatic rings. The van der Waals surface area contributed by atoms with Crippen molar-refractivity contribution in [1.82, 2.24) is 0 Å². The molecule has 1 amide bonds. The maximum atomic E-state index is 13.1. The minimum absolute atomic E-state index is 0.000729. The van der Waals surface area contributed by atoms with Crippen LogP contribution in [0.3, 0.4) is 0 Å². The van der Waals surface area contributed by atoms with Crippen molar-refractivity contribution in [2.75, 3.05) is 12.1 Å². The van der Waals surface area contributed by atoms with Crippen molar-refractivity contribution >= 4 is 41.0 Å². The van der Waals surface area contributed by atoms with Gasteiger partial charge in [-0.2, -0.15) is 23.3 Å². The maximum Gasteiger partial charge on any atom is 0.416 e. The molecule has 2 aromatic carbocycles. The highest BCUT2D eigenvalue weighted by Gasteiger charge is 2.33. The van der Waals surface area contributed by atoms with Gasteiger partial charge in [0, 0.05) is 5.56 Å². The van der Waals surface area contributed by atoms with Crippen LogP contribution in [0.1, 0.15) is 28.6 Å². The third-order valence-corrected chi connectivity index (χ3v) is 5.38. The van der Waals surface area contributed by atoms with Gasteiger partial charge in [0.1, 0.15) is 11.5 Å². The SMILES string of the molecule is COC(=O)c1cc(-c2ccc(C=C3C(=O)N(c4cccc(C(F)(F)F)c4)N=C3C)o2)ccc1Cl. The van der Waals surface area contributed by atoms with Gasteiger partial charge in [-0.15, -0.1) is 0 Å². The Morgan fingerprint density at radius 3 is 2.62 bits per heavy atom. The van der Waals surface area contributed by atoms with Crippen molar-refractivity contribution in [3.63, 3.8) is 0 Å². The number of methoxy groups -OCH3 is 1. The first-order valence-corrected chi connectivity index (χ1v) is 10.2. The van der Waals surface area contributed by atoms with Gasteiger partial charge < -0.3 is 9.15 Å². The summed E-state index contributed by atoms with van der Waals surface area (Å²) in [7, 11) is 1.24. The monoisotopic (exact) mass is 488 g/mol. The van der Waals surface area contributed by atoms with Crippen molar-refractivity contribution < 1.29 is 31.9 Å². The first kappa shape index (κ1) is 23.3. The molecule has 174 valence electrons. The van der Waals surface area contributed by atoms with Crippen LogP contribution in [0, 0.1) is 0 Å². The zero-order chi connectivity index (χ0) is 24.6. The molecule has 0 saturated heterocycles. The predicted molar refractivity (Wildman–Crippen MR) is 121 cm³/mol. The van der Waals surface area contributed by atoms with E-state index in [1.165, 1.54) is 37.5 Å². The number of alkyl halides is 3. The lowest BCUT2D eigenvalue weighted by Gasteiger charge is -2.14. The Kier molecular flexibility index (Phi) is 6.05. The van der Waals surface area contributed by atoms with E-state index in [9.17, 15) is 22.8 Å². The van der Waals surface area contributed by atoms with Crippen LogP contribution in [0.15, 0.2) is 69.7 Å². The molecule has 34 heavy (non-hydrogen) atoms. The van der Waals surface area contributed by atoms with E-state index in [1.807, 2.05) is 0 Å². The fourth-order valence-corrected chi connectivity index (χ4v) is 3.54. The molecule has 0 saturated carbocycles. The summed E-state index contributed by atoms with van der Waals surface area (Å²) in [6.45, 7) is 1.57. The van der Waals surface area contributed by atoms with Gasteiger partial charge in [0.05, 0.1) is 40.2 Å². The molecule has 6 nitrogen and oxygen atoms in total. The first-order chi connectivity index (χ1) is 16.1. The number of amides is 1. The molecular formula is C24H16ClF3N2O4. The van der Waals surface area contributed by atoms with Crippen molar-refractivity contribution in [2.45, 2.75) is 13.1 Å². The van der Waals surface area contributed by atoms with Gasteiger partial charge in [-0.25, -0.2) is 4.79 Å². The normalized spacial score (nSPS) is 15.1. The van der Waals surface area contributed by atoms with Crippen LogP contribution in [-0.4, -0.2) is 24.7 Å². The minimum atomic E-state index is -4.55. The molecule has 2 heterocycles. The van der Waals surface area contributed by atoms with E-state index in [2.05, 4.69) is 5.10 Å². The predicted octanol–water partition coefficient (Wildman–Crippen LogP) is 6.21. The van der Waals surface area contributed by atoms with Gasteiger partial charge in [-0.1, -0.05) is 17.7 Å². The number of carbonyl (C=O) groups excluding carboxylic acids is 2. The summed E-state index contributed by atoms with van der Waals surface area (Å²) >= 11 is 6.05. The number of furan rings is 1. The fraction of sp³-hybridized carbons (Fsp3) is 0.125. The van der Waals surface area contributed by atoms with Gasteiger partial charge in [0.15, 0.2) is 0 Å². The summed E-state index contributed by atoms with van der Waals surface area (Å²) in [5.41, 5.74) is 0.337. The molecular weight excluding hydrogens is 473 g/mol. The van der Waals surface area contributed by atoms with E-state index >= 15 is 0 Å². The molecule has 0 spiro atoms. The summed E-state index contributed by atoms with van der Waals surface area (Å²) in [4.78, 5) is 24.8. The molecule has 10 heteroatoms. The van der Waals surface area contributed by atoms with Crippen molar-refractivity contribution in [3.05, 3.63) is 82.1 Å². The van der Waals surface area contributed by atoms with Crippen LogP contribution in [-0.2, 0) is 15.7 Å². The second kappa shape index (κ2) is 8.83. The third kappa shape index (κ3) is 4.47. The van der Waals surface area contributed by atoms with Crippen LogP contribution in [0.4, 0.5) is 18.9 Å². The Morgan fingerprint density at radius 2 is 1.91 bits per heavy atom. The van der Waals surface area contributed by atoms with Gasteiger partial charge in [0.25, 0.3) is 5.91 Å². The summed E-state index contributed by atoms with van der Waals surface area (Å²) in [5, 5.41) is 5.26. The molecule has 0 radical (unpaired) electrons. The maximum absolute atomic E-state index is 13.1. The van der Waals surface area contributed by atoms with Gasteiger partial charge >= 0.3 is 12.1 Å². The molecule has 4 rings (SSSR count). The number of benzene rings is 2. The summed E-state index contributed by atoms with van der Waals surface area (Å²) in [5.74, 6) is -0.468. The Morgan fingerprint density at radius 1 is 1.15 bits per heavy atom. The van der Waals surface area contributed by atoms with E-state index in [-0.39, 0.29) is 21.8 Å². The zero-order valence-corrected chi connectivity index (χ0v) is 18.6. The number of rotatable bonds is 4. The van der Waals surface area contributed by atoms with Crippen LogP contribution in [0.5, 0.6) is 0 Å². The van der Waals surface area contributed by atoms with E-state index in [0.29, 0.717) is 22.8 Å². The number of halogens is 4. The number of ether oxygens (including phenoxy) is 1. The van der Waals surface area contributed by atoms with Crippen molar-refractivity contribution in [1.29, 1.82) is 0 Å². The van der Waals surface area contributed by atoms with E-state index in [4.69, 9.17) is 20.8 Å². The van der Waals surface area contributed by atoms with Gasteiger partial charge in [-0.05, 0) is 61.5 Å². The number of nitrogens with zero attached hydrogens (tertiary/aromatic N) is 2. The molecule has 0 fully saturated rings. The Bertz CT molecular complexity index is 1360. The van der Waals surface area contributed by atoms with Crippen LogP contribution >= 0.6 is 11.6 Å². The fourth-order valence-electron chi connectivity index (χ4n) is 3.35. The molecule has 0 atom stereocenters. The van der Waals surface area contributed by atoms with Crippen LogP contribution < -0.4 is 5.01 Å². The molecule has 1 aliphatic rings. The molecule has 1 aliphatic heterocycles. The standard InChI is InChI=1S/C24H16ClF3N2O4/c1-13-18(22(31)30(29-13)16-5-3-4-15(11-16)24(26,27)28)12-17-7-9-21(34-17)14-6-8-20(25)19(10-14)23(32)33-2/h3-12H,1-2H3. The quantitative estimate of drug-likeness (QED) is 0.323. The molecule has 0 unspecified atom stereocenters. The lowest BCUT2D eigenvalue weighted by molar-refractivity contribution is -0.137. The molecule has 0 bridgehead atoms. The molecule has 0 aliphatic carbocycles. The highest BCUT2D eigenvalue weighted by atomic mass is 35.5. The molecule has 0 N–H and O–H groups in total. The average molecular weight is 489 g/mol. The number of hydrogen-bond acceptors (Lipinski definition) is 5. The summed E-state index contributed by atoms with van der Waals surface area (Å²) in [6.07, 6.45) is -3.09. The van der Waals surface area contributed by atoms with Crippen molar-refractivity contribution in [3.8, 4) is 11.3 Å². The summed E-state index contributed by atoms with van der Waals surface area (Å²) < 4.78 is 49.7. The minimum Gasteiger partial charge on any atom is -0.465 e. The van der Waals surface area contributed by atoms with E-state index < -0.39 is 23.6 Å². The number of hydrogen-bond donors (Lipinski definition) is 0. The van der Waals surface area contributed by atoms with Crippen LogP contribution in [0.2, 0.25) is 5.02 Å². The van der Waals surface area contributed by atoms with Gasteiger partial charge in [0.2, 0.25) is 0 Å². The lowest BCUT2D eigenvalue weighted by Crippen LogP contribution is -2.21. The highest BCUT2D eigenvalue weighted by molar-refractivity contribution is 6.33. The van der Waals surface area contributed by atoms with Gasteiger partial charge in [-0.3, -0.25) is 4.79 Å². The Balaban J connectivity index is 1.62. The number of anilines is 1. The largest absolute Gasteiger partial charge is 0.465 e. The number of esters is 1. The number of hydrazone groups is 1. The first-order valence-electron chi connectivity index (χ1n) is 9.85. The molecule has 1 aromatic heterocycles. The van der Waals surface area contributed by atoms with E-state index in [1.54, 1.807) is 25.1 Å². The van der Waals surface area contributed by atoms with Crippen molar-refractivity contribution in [2.24, 2.45) is 5.10 Å². The lowest BCUT2D eigenvalue weighted by atomic mass is 10.1. The highest BCUT2D eigenvalue weighted by Crippen LogP contribution is 2.34.